The topological polar surface area (TPSA) is 52.6 Å². The lowest BCUT2D eigenvalue weighted by atomic mass is 9.93. The SMILES string of the molecule is CNC(CN1CCC(C)(C)C1)C(=O)O. The molecule has 1 unspecified atom stereocenters. The van der Waals surface area contributed by atoms with Crippen molar-refractivity contribution in [2.45, 2.75) is 26.3 Å². The Balaban J connectivity index is 2.42. The van der Waals surface area contributed by atoms with Crippen LogP contribution in [-0.2, 0) is 4.79 Å². The minimum Gasteiger partial charge on any atom is -0.480 e. The lowest BCUT2D eigenvalue weighted by molar-refractivity contribution is -0.139. The summed E-state index contributed by atoms with van der Waals surface area (Å²) in [6.45, 7) is 7.07. The maximum atomic E-state index is 10.8. The van der Waals surface area contributed by atoms with Gasteiger partial charge in [0.05, 0.1) is 0 Å². The van der Waals surface area contributed by atoms with E-state index in [1.165, 1.54) is 0 Å². The summed E-state index contributed by atoms with van der Waals surface area (Å²) >= 11 is 0. The van der Waals surface area contributed by atoms with Gasteiger partial charge in [0.1, 0.15) is 6.04 Å². The van der Waals surface area contributed by atoms with Crippen molar-refractivity contribution in [2.24, 2.45) is 5.41 Å². The Bertz CT molecular complexity index is 216. The summed E-state index contributed by atoms with van der Waals surface area (Å²) < 4.78 is 0. The van der Waals surface area contributed by atoms with Crippen molar-refractivity contribution < 1.29 is 9.90 Å². The van der Waals surface area contributed by atoms with Gasteiger partial charge in [0, 0.05) is 13.1 Å². The molecule has 0 aromatic heterocycles. The Morgan fingerprint density at radius 3 is 2.64 bits per heavy atom. The first-order valence-electron chi connectivity index (χ1n) is 5.07. The molecular weight excluding hydrogens is 180 g/mol. The van der Waals surface area contributed by atoms with Crippen LogP contribution in [0, 0.1) is 5.41 Å². The van der Waals surface area contributed by atoms with Crippen LogP contribution >= 0.6 is 0 Å². The van der Waals surface area contributed by atoms with Crippen LogP contribution in [-0.4, -0.2) is 48.7 Å². The number of nitrogens with zero attached hydrogens (tertiary/aromatic N) is 1. The minimum atomic E-state index is -0.766. The summed E-state index contributed by atoms with van der Waals surface area (Å²) in [6, 6.07) is -0.441. The molecule has 0 aromatic carbocycles. The number of nitrogens with one attached hydrogen (secondary N) is 1. The lowest BCUT2D eigenvalue weighted by Crippen LogP contribution is -2.44. The van der Waals surface area contributed by atoms with E-state index in [1.54, 1.807) is 7.05 Å². The van der Waals surface area contributed by atoms with Crippen LogP contribution in [0.5, 0.6) is 0 Å². The minimum absolute atomic E-state index is 0.344. The number of likely N-dealkylation sites (tertiary alicyclic amines) is 1. The highest BCUT2D eigenvalue weighted by molar-refractivity contribution is 5.73. The van der Waals surface area contributed by atoms with Crippen molar-refractivity contribution in [3.8, 4) is 0 Å². The van der Waals surface area contributed by atoms with Gasteiger partial charge in [-0.3, -0.25) is 4.79 Å². The zero-order chi connectivity index (χ0) is 10.8. The maximum Gasteiger partial charge on any atom is 0.322 e. The van der Waals surface area contributed by atoms with Crippen molar-refractivity contribution in [1.29, 1.82) is 0 Å². The number of hydrogen-bond acceptors (Lipinski definition) is 3. The fourth-order valence-corrected chi connectivity index (χ4v) is 1.93. The van der Waals surface area contributed by atoms with Crippen molar-refractivity contribution in [1.82, 2.24) is 10.2 Å². The van der Waals surface area contributed by atoms with E-state index >= 15 is 0 Å². The third-order valence-electron chi connectivity index (χ3n) is 2.84. The third kappa shape index (κ3) is 2.96. The van der Waals surface area contributed by atoms with Gasteiger partial charge in [-0.1, -0.05) is 13.8 Å². The molecule has 4 heteroatoms. The Morgan fingerprint density at radius 1 is 1.64 bits per heavy atom. The number of likely N-dealkylation sites (N-methyl/N-ethyl adjacent to an activating group) is 1. The highest BCUT2D eigenvalue weighted by Gasteiger charge is 2.31. The second-order valence-electron chi connectivity index (χ2n) is 4.83. The molecule has 0 bridgehead atoms. The van der Waals surface area contributed by atoms with Crippen molar-refractivity contribution in [2.75, 3.05) is 26.7 Å². The summed E-state index contributed by atoms with van der Waals surface area (Å²) in [7, 11) is 1.69. The summed E-state index contributed by atoms with van der Waals surface area (Å²) in [6.07, 6.45) is 1.16. The molecule has 1 aliphatic heterocycles. The molecule has 1 atom stereocenters. The molecule has 4 nitrogen and oxygen atoms in total. The highest BCUT2D eigenvalue weighted by Crippen LogP contribution is 2.28. The Labute approximate surface area is 85.3 Å². The number of aliphatic carboxylic acids is 1. The molecule has 0 aromatic rings. The summed E-state index contributed by atoms with van der Waals surface area (Å²) in [5.74, 6) is -0.766. The van der Waals surface area contributed by atoms with Gasteiger partial charge < -0.3 is 15.3 Å². The van der Waals surface area contributed by atoms with Crippen LogP contribution in [0.3, 0.4) is 0 Å². The van der Waals surface area contributed by atoms with E-state index in [4.69, 9.17) is 5.11 Å². The van der Waals surface area contributed by atoms with E-state index in [9.17, 15) is 4.79 Å². The van der Waals surface area contributed by atoms with E-state index < -0.39 is 12.0 Å². The third-order valence-corrected chi connectivity index (χ3v) is 2.84. The molecule has 1 fully saturated rings. The van der Waals surface area contributed by atoms with Crippen LogP contribution in [0.4, 0.5) is 0 Å². The highest BCUT2D eigenvalue weighted by atomic mass is 16.4. The molecule has 1 saturated heterocycles. The van der Waals surface area contributed by atoms with Crippen molar-refractivity contribution in [3.05, 3.63) is 0 Å². The Morgan fingerprint density at radius 2 is 2.29 bits per heavy atom. The van der Waals surface area contributed by atoms with Crippen LogP contribution in [0.25, 0.3) is 0 Å². The van der Waals surface area contributed by atoms with E-state index in [0.717, 1.165) is 19.5 Å². The van der Waals surface area contributed by atoms with Crippen molar-refractivity contribution in [3.63, 3.8) is 0 Å². The van der Waals surface area contributed by atoms with E-state index in [0.29, 0.717) is 12.0 Å². The van der Waals surface area contributed by atoms with Crippen LogP contribution < -0.4 is 5.32 Å². The molecule has 0 radical (unpaired) electrons. The smallest absolute Gasteiger partial charge is 0.322 e. The second-order valence-corrected chi connectivity index (χ2v) is 4.83. The molecule has 14 heavy (non-hydrogen) atoms. The normalized spacial score (nSPS) is 23.6. The fourth-order valence-electron chi connectivity index (χ4n) is 1.93. The molecule has 1 aliphatic rings. The molecule has 82 valence electrons. The molecule has 1 rings (SSSR count). The van der Waals surface area contributed by atoms with Gasteiger partial charge in [-0.2, -0.15) is 0 Å². The molecule has 0 saturated carbocycles. The van der Waals surface area contributed by atoms with Gasteiger partial charge in [-0.15, -0.1) is 0 Å². The predicted molar refractivity (Wildman–Crippen MR) is 55.3 cm³/mol. The van der Waals surface area contributed by atoms with Gasteiger partial charge in [-0.25, -0.2) is 0 Å². The van der Waals surface area contributed by atoms with Gasteiger partial charge in [0.25, 0.3) is 0 Å². The van der Waals surface area contributed by atoms with Gasteiger partial charge >= 0.3 is 5.97 Å². The quantitative estimate of drug-likeness (QED) is 0.689. The number of rotatable bonds is 4. The molecule has 0 aliphatic carbocycles. The van der Waals surface area contributed by atoms with Crippen LogP contribution in [0.15, 0.2) is 0 Å². The van der Waals surface area contributed by atoms with Gasteiger partial charge in [0.2, 0.25) is 0 Å². The number of carboxylic acid groups (broad SMARTS) is 1. The first kappa shape index (κ1) is 11.5. The molecule has 0 spiro atoms. The lowest BCUT2D eigenvalue weighted by Gasteiger charge is -2.22. The molecule has 0 amide bonds. The number of carbonyl (C=O) groups is 1. The molecular formula is C10H20N2O2. The zero-order valence-corrected chi connectivity index (χ0v) is 9.21. The second kappa shape index (κ2) is 4.28. The number of carboxylic acids is 1. The van der Waals surface area contributed by atoms with Crippen LogP contribution in [0.1, 0.15) is 20.3 Å². The van der Waals surface area contributed by atoms with Gasteiger partial charge in [0.15, 0.2) is 0 Å². The fraction of sp³-hybridized carbons (Fsp3) is 0.900. The van der Waals surface area contributed by atoms with Crippen LogP contribution in [0.2, 0.25) is 0 Å². The number of hydrogen-bond donors (Lipinski definition) is 2. The van der Waals surface area contributed by atoms with Gasteiger partial charge in [-0.05, 0) is 25.4 Å². The zero-order valence-electron chi connectivity index (χ0n) is 9.21. The van der Waals surface area contributed by atoms with E-state index in [2.05, 4.69) is 24.1 Å². The Kier molecular flexibility index (Phi) is 3.50. The monoisotopic (exact) mass is 200 g/mol. The first-order valence-corrected chi connectivity index (χ1v) is 5.07. The van der Waals surface area contributed by atoms with Crippen molar-refractivity contribution >= 4 is 5.97 Å². The van der Waals surface area contributed by atoms with E-state index in [-0.39, 0.29) is 0 Å². The predicted octanol–water partition coefficient (Wildman–Crippen LogP) is 0.391. The summed E-state index contributed by atoms with van der Waals surface area (Å²) in [4.78, 5) is 13.0. The molecule has 1 heterocycles. The summed E-state index contributed by atoms with van der Waals surface area (Å²) in [5.41, 5.74) is 0.344. The average molecular weight is 200 g/mol. The summed E-state index contributed by atoms with van der Waals surface area (Å²) in [5, 5.41) is 11.7. The molecule has 2 N–H and O–H groups in total. The Hall–Kier alpha value is -0.610. The van der Waals surface area contributed by atoms with E-state index in [1.807, 2.05) is 0 Å². The average Bonchev–Trinajstić information content (AvgIpc) is 2.41. The maximum absolute atomic E-state index is 10.8. The first-order chi connectivity index (χ1) is 6.44. The largest absolute Gasteiger partial charge is 0.480 e. The standard InChI is InChI=1S/C10H20N2O2/c1-10(2)4-5-12(7-10)6-8(11-3)9(13)14/h8,11H,4-7H2,1-3H3,(H,13,14).